The van der Waals surface area contributed by atoms with Crippen molar-refractivity contribution in [2.75, 3.05) is 0 Å². The molecule has 0 spiro atoms. The van der Waals surface area contributed by atoms with Gasteiger partial charge in [-0.05, 0) is 29.3 Å². The molecular formula is C11H15N3S. The van der Waals surface area contributed by atoms with Crippen LogP contribution in [0.1, 0.15) is 30.9 Å². The highest BCUT2D eigenvalue weighted by atomic mass is 32.1. The lowest BCUT2D eigenvalue weighted by atomic mass is 10.0. The Labute approximate surface area is 95.4 Å². The second-order valence-electron chi connectivity index (χ2n) is 3.56. The van der Waals surface area contributed by atoms with Crippen molar-refractivity contribution < 1.29 is 0 Å². The molecule has 0 radical (unpaired) electrons. The summed E-state index contributed by atoms with van der Waals surface area (Å²) in [5, 5.41) is 4.05. The Balaban J connectivity index is 2.64. The summed E-state index contributed by atoms with van der Waals surface area (Å²) in [6, 6.07) is 8.21. The van der Waals surface area contributed by atoms with Crippen molar-refractivity contribution in [2.24, 2.45) is 10.8 Å². The van der Waals surface area contributed by atoms with Gasteiger partial charge in [-0.3, -0.25) is 5.43 Å². The van der Waals surface area contributed by atoms with E-state index in [1.54, 1.807) is 6.21 Å². The van der Waals surface area contributed by atoms with Gasteiger partial charge in [0.1, 0.15) is 0 Å². The molecule has 0 atom stereocenters. The number of hydrazone groups is 1. The van der Waals surface area contributed by atoms with E-state index in [-0.39, 0.29) is 5.11 Å². The van der Waals surface area contributed by atoms with Crippen LogP contribution >= 0.6 is 12.2 Å². The van der Waals surface area contributed by atoms with Crippen LogP contribution in [0.4, 0.5) is 0 Å². The fourth-order valence-corrected chi connectivity index (χ4v) is 1.19. The van der Waals surface area contributed by atoms with Crippen molar-refractivity contribution in [3.8, 4) is 0 Å². The lowest BCUT2D eigenvalue weighted by molar-refractivity contribution is 0.866. The van der Waals surface area contributed by atoms with Crippen LogP contribution in [0.15, 0.2) is 29.4 Å². The summed E-state index contributed by atoms with van der Waals surface area (Å²) < 4.78 is 0. The molecule has 1 aromatic carbocycles. The summed E-state index contributed by atoms with van der Waals surface area (Å²) in [7, 11) is 0. The van der Waals surface area contributed by atoms with E-state index in [1.165, 1.54) is 5.56 Å². The number of nitrogens with one attached hydrogen (secondary N) is 1. The second kappa shape index (κ2) is 5.46. The number of nitrogens with two attached hydrogens (primary N) is 1. The third kappa shape index (κ3) is 4.08. The van der Waals surface area contributed by atoms with Gasteiger partial charge in [-0.25, -0.2) is 0 Å². The molecule has 0 fully saturated rings. The van der Waals surface area contributed by atoms with Gasteiger partial charge in [0.15, 0.2) is 5.11 Å². The molecular weight excluding hydrogens is 206 g/mol. The number of rotatable bonds is 3. The average molecular weight is 221 g/mol. The van der Waals surface area contributed by atoms with Gasteiger partial charge < -0.3 is 5.73 Å². The topological polar surface area (TPSA) is 50.4 Å². The van der Waals surface area contributed by atoms with Crippen LogP contribution in [0.2, 0.25) is 0 Å². The van der Waals surface area contributed by atoms with Crippen LogP contribution in [-0.2, 0) is 0 Å². The van der Waals surface area contributed by atoms with Gasteiger partial charge in [0.2, 0.25) is 0 Å². The smallest absolute Gasteiger partial charge is 0.184 e. The Kier molecular flexibility index (Phi) is 4.24. The minimum absolute atomic E-state index is 0.171. The van der Waals surface area contributed by atoms with Crippen LogP contribution < -0.4 is 11.2 Å². The molecule has 0 aromatic heterocycles. The van der Waals surface area contributed by atoms with E-state index >= 15 is 0 Å². The summed E-state index contributed by atoms with van der Waals surface area (Å²) in [5.41, 5.74) is 10.1. The van der Waals surface area contributed by atoms with Crippen molar-refractivity contribution in [1.29, 1.82) is 0 Å². The van der Waals surface area contributed by atoms with Gasteiger partial charge in [-0.15, -0.1) is 0 Å². The second-order valence-corrected chi connectivity index (χ2v) is 4.00. The van der Waals surface area contributed by atoms with Crippen LogP contribution in [0.25, 0.3) is 0 Å². The van der Waals surface area contributed by atoms with Crippen molar-refractivity contribution in [1.82, 2.24) is 5.43 Å². The maximum Gasteiger partial charge on any atom is 0.184 e. The predicted octanol–water partition coefficient (Wildman–Crippen LogP) is 1.98. The summed E-state index contributed by atoms with van der Waals surface area (Å²) in [5.74, 6) is 0.547. The lowest BCUT2D eigenvalue weighted by Crippen LogP contribution is -2.23. The predicted molar refractivity (Wildman–Crippen MR) is 68.0 cm³/mol. The molecule has 0 aliphatic rings. The number of nitrogens with zero attached hydrogens (tertiary/aromatic N) is 1. The van der Waals surface area contributed by atoms with Gasteiger partial charge >= 0.3 is 0 Å². The van der Waals surface area contributed by atoms with E-state index in [2.05, 4.69) is 48.7 Å². The molecule has 15 heavy (non-hydrogen) atoms. The zero-order chi connectivity index (χ0) is 11.3. The first kappa shape index (κ1) is 11.7. The Morgan fingerprint density at radius 3 is 2.47 bits per heavy atom. The quantitative estimate of drug-likeness (QED) is 0.466. The summed E-state index contributed by atoms with van der Waals surface area (Å²) in [6.07, 6.45) is 1.68. The van der Waals surface area contributed by atoms with E-state index in [0.29, 0.717) is 5.92 Å². The highest BCUT2D eigenvalue weighted by molar-refractivity contribution is 7.80. The van der Waals surface area contributed by atoms with Crippen LogP contribution in [-0.4, -0.2) is 11.3 Å². The van der Waals surface area contributed by atoms with Gasteiger partial charge in [0.05, 0.1) is 6.21 Å². The summed E-state index contributed by atoms with van der Waals surface area (Å²) >= 11 is 4.62. The van der Waals surface area contributed by atoms with E-state index in [9.17, 15) is 0 Å². The molecule has 0 aliphatic heterocycles. The molecule has 0 heterocycles. The SMILES string of the molecule is CC(C)c1ccc(C=NNC(N)=S)cc1. The number of hydrogen-bond donors (Lipinski definition) is 2. The maximum atomic E-state index is 5.23. The summed E-state index contributed by atoms with van der Waals surface area (Å²) in [6.45, 7) is 4.33. The molecule has 4 heteroatoms. The van der Waals surface area contributed by atoms with E-state index < -0.39 is 0 Å². The average Bonchev–Trinajstić information content (AvgIpc) is 2.18. The van der Waals surface area contributed by atoms with Gasteiger partial charge in [-0.2, -0.15) is 5.10 Å². The molecule has 1 aromatic rings. The zero-order valence-electron chi connectivity index (χ0n) is 8.90. The van der Waals surface area contributed by atoms with Crippen molar-refractivity contribution >= 4 is 23.5 Å². The van der Waals surface area contributed by atoms with Gasteiger partial charge in [0.25, 0.3) is 0 Å². The largest absolute Gasteiger partial charge is 0.375 e. The van der Waals surface area contributed by atoms with Crippen molar-refractivity contribution in [2.45, 2.75) is 19.8 Å². The fraction of sp³-hybridized carbons (Fsp3) is 0.273. The van der Waals surface area contributed by atoms with Crippen molar-refractivity contribution in [3.05, 3.63) is 35.4 Å². The minimum atomic E-state index is 0.171. The Morgan fingerprint density at radius 2 is 2.00 bits per heavy atom. The highest BCUT2D eigenvalue weighted by Crippen LogP contribution is 2.13. The zero-order valence-corrected chi connectivity index (χ0v) is 9.71. The molecule has 0 saturated carbocycles. The Bertz CT molecular complexity index is 355. The molecule has 0 unspecified atom stereocenters. The maximum absolute atomic E-state index is 5.23. The Morgan fingerprint density at radius 1 is 1.40 bits per heavy atom. The summed E-state index contributed by atoms with van der Waals surface area (Å²) in [4.78, 5) is 0. The van der Waals surface area contributed by atoms with Crippen LogP contribution in [0.5, 0.6) is 0 Å². The molecule has 0 bridgehead atoms. The van der Waals surface area contributed by atoms with Gasteiger partial charge in [0, 0.05) is 0 Å². The number of hydrogen-bond acceptors (Lipinski definition) is 2. The monoisotopic (exact) mass is 221 g/mol. The van der Waals surface area contributed by atoms with E-state index in [0.717, 1.165) is 5.56 Å². The Hall–Kier alpha value is -1.42. The molecule has 3 nitrogen and oxygen atoms in total. The molecule has 3 N–H and O–H groups in total. The van der Waals surface area contributed by atoms with E-state index in [1.807, 2.05) is 12.1 Å². The minimum Gasteiger partial charge on any atom is -0.375 e. The van der Waals surface area contributed by atoms with E-state index in [4.69, 9.17) is 5.73 Å². The van der Waals surface area contributed by atoms with Crippen LogP contribution in [0, 0.1) is 0 Å². The normalized spacial score (nSPS) is 10.9. The van der Waals surface area contributed by atoms with Crippen LogP contribution in [0.3, 0.4) is 0 Å². The molecule has 1 rings (SSSR count). The highest BCUT2D eigenvalue weighted by Gasteiger charge is 1.97. The fourth-order valence-electron chi connectivity index (χ4n) is 1.14. The number of benzene rings is 1. The first-order chi connectivity index (χ1) is 7.09. The molecule has 0 aliphatic carbocycles. The first-order valence-corrected chi connectivity index (χ1v) is 5.19. The third-order valence-electron chi connectivity index (χ3n) is 1.99. The van der Waals surface area contributed by atoms with Crippen molar-refractivity contribution in [3.63, 3.8) is 0 Å². The third-order valence-corrected chi connectivity index (χ3v) is 2.08. The number of thiocarbonyl (C=S) groups is 1. The molecule has 0 amide bonds. The molecule has 80 valence electrons. The lowest BCUT2D eigenvalue weighted by Gasteiger charge is -2.04. The van der Waals surface area contributed by atoms with Gasteiger partial charge in [-0.1, -0.05) is 38.1 Å². The standard InChI is InChI=1S/C11H15N3S/c1-8(2)10-5-3-9(4-6-10)7-13-14-11(12)15/h3-8H,1-2H3,(H3,12,14,15). The first-order valence-electron chi connectivity index (χ1n) is 4.78. The molecule has 0 saturated heterocycles.